The Balaban J connectivity index is 1.39. The highest BCUT2D eigenvalue weighted by molar-refractivity contribution is 7.19. The molecule has 1 saturated heterocycles. The molecular formula is C20H22ClN5OS. The minimum atomic E-state index is -0.543. The van der Waals surface area contributed by atoms with Crippen molar-refractivity contribution in [2.45, 2.75) is 19.4 Å². The van der Waals surface area contributed by atoms with Gasteiger partial charge in [0.25, 0.3) is 0 Å². The first kappa shape index (κ1) is 19.1. The molecule has 3 heterocycles. The third-order valence-electron chi connectivity index (χ3n) is 4.99. The SMILES string of the molecule is Cc1cc2ncnc(N3CCN(C(=O)C(N)Cc4ccc(Cl)cc4)CC3)c2s1. The Kier molecular flexibility index (Phi) is 5.48. The van der Waals surface area contributed by atoms with E-state index in [0.29, 0.717) is 24.5 Å². The van der Waals surface area contributed by atoms with Crippen molar-refractivity contribution < 1.29 is 4.79 Å². The van der Waals surface area contributed by atoms with Gasteiger partial charge in [-0.1, -0.05) is 23.7 Å². The van der Waals surface area contributed by atoms with Gasteiger partial charge >= 0.3 is 0 Å². The van der Waals surface area contributed by atoms with Crippen LogP contribution in [0.2, 0.25) is 5.02 Å². The molecule has 0 bridgehead atoms. The number of anilines is 1. The van der Waals surface area contributed by atoms with Gasteiger partial charge in [-0.15, -0.1) is 11.3 Å². The molecule has 0 radical (unpaired) electrons. The molecule has 1 atom stereocenters. The Morgan fingerprint density at radius 3 is 2.64 bits per heavy atom. The van der Waals surface area contributed by atoms with Crippen molar-refractivity contribution in [3.8, 4) is 0 Å². The molecule has 1 aliphatic rings. The summed E-state index contributed by atoms with van der Waals surface area (Å²) in [5.74, 6) is 0.954. The van der Waals surface area contributed by atoms with E-state index in [2.05, 4.69) is 27.9 Å². The molecule has 1 unspecified atom stereocenters. The number of carbonyl (C=O) groups excluding carboxylic acids is 1. The minimum Gasteiger partial charge on any atom is -0.352 e. The number of fused-ring (bicyclic) bond motifs is 1. The third-order valence-corrected chi connectivity index (χ3v) is 6.28. The average molecular weight is 416 g/mol. The maximum Gasteiger partial charge on any atom is 0.239 e. The fraction of sp³-hybridized carbons (Fsp3) is 0.350. The maximum absolute atomic E-state index is 12.8. The summed E-state index contributed by atoms with van der Waals surface area (Å²) >= 11 is 7.63. The zero-order valence-electron chi connectivity index (χ0n) is 15.6. The topological polar surface area (TPSA) is 75.4 Å². The summed E-state index contributed by atoms with van der Waals surface area (Å²) in [4.78, 5) is 26.9. The Labute approximate surface area is 172 Å². The van der Waals surface area contributed by atoms with Gasteiger partial charge < -0.3 is 15.5 Å². The third kappa shape index (κ3) is 3.97. The molecule has 2 aromatic heterocycles. The molecular weight excluding hydrogens is 394 g/mol. The van der Waals surface area contributed by atoms with E-state index < -0.39 is 6.04 Å². The number of piperazine rings is 1. The van der Waals surface area contributed by atoms with Crippen LogP contribution in [0.3, 0.4) is 0 Å². The van der Waals surface area contributed by atoms with Crippen molar-refractivity contribution in [2.24, 2.45) is 5.73 Å². The van der Waals surface area contributed by atoms with Crippen LogP contribution in [0.5, 0.6) is 0 Å². The number of nitrogens with two attached hydrogens (primary N) is 1. The first-order chi connectivity index (χ1) is 13.5. The van der Waals surface area contributed by atoms with Crippen LogP contribution in [-0.4, -0.2) is 53.0 Å². The second kappa shape index (κ2) is 8.03. The second-order valence-electron chi connectivity index (χ2n) is 7.02. The van der Waals surface area contributed by atoms with E-state index in [-0.39, 0.29) is 5.91 Å². The van der Waals surface area contributed by atoms with Crippen LogP contribution in [0.4, 0.5) is 5.82 Å². The molecule has 8 heteroatoms. The molecule has 1 fully saturated rings. The Hall–Kier alpha value is -2.22. The highest BCUT2D eigenvalue weighted by Crippen LogP contribution is 2.31. The molecule has 1 amide bonds. The van der Waals surface area contributed by atoms with Crippen LogP contribution in [0, 0.1) is 6.92 Å². The van der Waals surface area contributed by atoms with E-state index in [1.165, 1.54) is 4.88 Å². The molecule has 4 rings (SSSR count). The number of hydrogen-bond donors (Lipinski definition) is 1. The van der Waals surface area contributed by atoms with Crippen LogP contribution in [0.25, 0.3) is 10.2 Å². The normalized spacial score (nSPS) is 15.8. The van der Waals surface area contributed by atoms with Crippen molar-refractivity contribution >= 4 is 44.9 Å². The van der Waals surface area contributed by atoms with Gasteiger partial charge in [-0.05, 0) is 37.1 Å². The molecule has 2 N–H and O–H groups in total. The van der Waals surface area contributed by atoms with Crippen molar-refractivity contribution in [1.82, 2.24) is 14.9 Å². The molecule has 1 aromatic carbocycles. The van der Waals surface area contributed by atoms with Crippen LogP contribution < -0.4 is 10.6 Å². The van der Waals surface area contributed by atoms with Crippen molar-refractivity contribution in [3.63, 3.8) is 0 Å². The lowest BCUT2D eigenvalue weighted by atomic mass is 10.1. The summed E-state index contributed by atoms with van der Waals surface area (Å²) in [5, 5.41) is 0.680. The standard InChI is InChI=1S/C20H22ClN5OS/c1-13-10-17-18(28-13)19(24-12-23-17)25-6-8-26(9-7-25)20(27)16(22)11-14-2-4-15(21)5-3-14/h2-5,10,12,16H,6-9,11,22H2,1H3. The number of halogens is 1. The summed E-state index contributed by atoms with van der Waals surface area (Å²) in [6.45, 7) is 4.84. The zero-order chi connectivity index (χ0) is 19.7. The summed E-state index contributed by atoms with van der Waals surface area (Å²) in [6.07, 6.45) is 2.13. The number of aryl methyl sites for hydroxylation is 1. The van der Waals surface area contributed by atoms with Gasteiger partial charge in [0, 0.05) is 36.1 Å². The van der Waals surface area contributed by atoms with Crippen LogP contribution in [0.1, 0.15) is 10.4 Å². The number of carbonyl (C=O) groups is 1. The number of amides is 1. The fourth-order valence-corrected chi connectivity index (χ4v) is 4.63. The second-order valence-corrected chi connectivity index (χ2v) is 8.71. The number of aromatic nitrogens is 2. The zero-order valence-corrected chi connectivity index (χ0v) is 17.2. The number of rotatable bonds is 4. The fourth-order valence-electron chi connectivity index (χ4n) is 3.52. The number of hydrogen-bond acceptors (Lipinski definition) is 6. The number of benzene rings is 1. The first-order valence-corrected chi connectivity index (χ1v) is 10.5. The summed E-state index contributed by atoms with van der Waals surface area (Å²) < 4.78 is 1.11. The van der Waals surface area contributed by atoms with Gasteiger partial charge in [-0.3, -0.25) is 4.79 Å². The monoisotopic (exact) mass is 415 g/mol. The molecule has 0 spiro atoms. The first-order valence-electron chi connectivity index (χ1n) is 9.26. The molecule has 3 aromatic rings. The molecule has 146 valence electrons. The predicted octanol–water partition coefficient (Wildman–Crippen LogP) is 2.87. The molecule has 6 nitrogen and oxygen atoms in total. The summed E-state index contributed by atoms with van der Waals surface area (Å²) in [6, 6.07) is 9.01. The van der Waals surface area contributed by atoms with E-state index in [1.54, 1.807) is 17.7 Å². The molecule has 28 heavy (non-hydrogen) atoms. The highest BCUT2D eigenvalue weighted by atomic mass is 35.5. The van der Waals surface area contributed by atoms with E-state index in [4.69, 9.17) is 17.3 Å². The summed E-state index contributed by atoms with van der Waals surface area (Å²) in [5.41, 5.74) is 8.18. The Morgan fingerprint density at radius 2 is 1.93 bits per heavy atom. The lowest BCUT2D eigenvalue weighted by molar-refractivity contribution is -0.132. The van der Waals surface area contributed by atoms with Crippen molar-refractivity contribution in [3.05, 3.63) is 52.1 Å². The van der Waals surface area contributed by atoms with Gasteiger partial charge in [0.1, 0.15) is 12.1 Å². The van der Waals surface area contributed by atoms with E-state index >= 15 is 0 Å². The van der Waals surface area contributed by atoms with Crippen LogP contribution in [-0.2, 0) is 11.2 Å². The number of nitrogens with zero attached hydrogens (tertiary/aromatic N) is 4. The van der Waals surface area contributed by atoms with E-state index in [0.717, 1.165) is 34.7 Å². The lowest BCUT2D eigenvalue weighted by Gasteiger charge is -2.36. The van der Waals surface area contributed by atoms with Gasteiger partial charge in [-0.25, -0.2) is 9.97 Å². The highest BCUT2D eigenvalue weighted by Gasteiger charge is 2.27. The van der Waals surface area contributed by atoms with Crippen molar-refractivity contribution in [1.29, 1.82) is 0 Å². The van der Waals surface area contributed by atoms with Gasteiger partial charge in [0.2, 0.25) is 5.91 Å². The van der Waals surface area contributed by atoms with Crippen LogP contribution >= 0.6 is 22.9 Å². The van der Waals surface area contributed by atoms with E-state index in [1.807, 2.05) is 29.2 Å². The van der Waals surface area contributed by atoms with Crippen LogP contribution in [0.15, 0.2) is 36.7 Å². The molecule has 0 saturated carbocycles. The summed E-state index contributed by atoms with van der Waals surface area (Å²) in [7, 11) is 0. The average Bonchev–Trinajstić information content (AvgIpc) is 3.09. The minimum absolute atomic E-state index is 0.00518. The van der Waals surface area contributed by atoms with Gasteiger partial charge in [0.05, 0.1) is 16.3 Å². The molecule has 1 aliphatic heterocycles. The maximum atomic E-state index is 12.8. The van der Waals surface area contributed by atoms with Gasteiger partial charge in [-0.2, -0.15) is 0 Å². The van der Waals surface area contributed by atoms with E-state index in [9.17, 15) is 4.79 Å². The van der Waals surface area contributed by atoms with Gasteiger partial charge in [0.15, 0.2) is 0 Å². The Bertz CT molecular complexity index is 982. The Morgan fingerprint density at radius 1 is 1.21 bits per heavy atom. The lowest BCUT2D eigenvalue weighted by Crippen LogP contribution is -2.53. The quantitative estimate of drug-likeness (QED) is 0.709. The smallest absolute Gasteiger partial charge is 0.239 e. The largest absolute Gasteiger partial charge is 0.352 e. The molecule has 0 aliphatic carbocycles. The van der Waals surface area contributed by atoms with Crippen molar-refractivity contribution in [2.75, 3.05) is 31.1 Å². The predicted molar refractivity (Wildman–Crippen MR) is 114 cm³/mol. The number of thiophene rings is 1.